The molecule has 0 aromatic heterocycles. The molecule has 0 spiro atoms. The summed E-state index contributed by atoms with van der Waals surface area (Å²) in [6.45, 7) is 9.38. The Hall–Kier alpha value is -1.54. The van der Waals surface area contributed by atoms with E-state index >= 15 is 0 Å². The lowest BCUT2D eigenvalue weighted by molar-refractivity contribution is 0.268. The van der Waals surface area contributed by atoms with Crippen molar-refractivity contribution in [1.82, 2.24) is 5.32 Å². The molecular formula is C23H35NO. The molecule has 0 saturated carbocycles. The van der Waals surface area contributed by atoms with Crippen molar-refractivity contribution in [3.05, 3.63) is 42.0 Å². The summed E-state index contributed by atoms with van der Waals surface area (Å²) in [6.07, 6.45) is 8.04. The van der Waals surface area contributed by atoms with E-state index in [-0.39, 0.29) is 0 Å². The number of nitrogens with one attached hydrogen (secondary N) is 1. The Kier molecular flexibility index (Phi) is 8.82. The smallest absolute Gasteiger partial charge is 0.124 e. The van der Waals surface area contributed by atoms with Gasteiger partial charge < -0.3 is 10.1 Å². The first kappa shape index (κ1) is 19.8. The second kappa shape index (κ2) is 11.1. The van der Waals surface area contributed by atoms with E-state index in [4.69, 9.17) is 4.74 Å². The fourth-order valence-electron chi connectivity index (χ4n) is 3.13. The van der Waals surface area contributed by atoms with Gasteiger partial charge in [0.05, 0.1) is 6.61 Å². The summed E-state index contributed by atoms with van der Waals surface area (Å²) in [6, 6.07) is 12.9. The van der Waals surface area contributed by atoms with Gasteiger partial charge in [0, 0.05) is 12.1 Å². The molecule has 0 radical (unpaired) electrons. The van der Waals surface area contributed by atoms with Crippen molar-refractivity contribution in [2.75, 3.05) is 13.2 Å². The van der Waals surface area contributed by atoms with E-state index in [2.05, 4.69) is 62.5 Å². The lowest BCUT2D eigenvalue weighted by Gasteiger charge is -2.16. The van der Waals surface area contributed by atoms with Crippen molar-refractivity contribution < 1.29 is 4.74 Å². The molecule has 0 bridgehead atoms. The largest absolute Gasteiger partial charge is 0.493 e. The summed E-state index contributed by atoms with van der Waals surface area (Å²) >= 11 is 0. The van der Waals surface area contributed by atoms with Crippen LogP contribution in [0.1, 0.15) is 64.9 Å². The molecule has 2 rings (SSSR count). The van der Waals surface area contributed by atoms with Crippen LogP contribution in [0.3, 0.4) is 0 Å². The molecule has 2 aromatic carbocycles. The molecule has 0 unspecified atom stereocenters. The first-order valence-corrected chi connectivity index (χ1v) is 10.1. The van der Waals surface area contributed by atoms with Gasteiger partial charge in [0.15, 0.2) is 0 Å². The van der Waals surface area contributed by atoms with Crippen molar-refractivity contribution in [2.24, 2.45) is 5.92 Å². The number of unbranched alkanes of at least 4 members (excludes halogenated alkanes) is 5. The maximum atomic E-state index is 6.09. The van der Waals surface area contributed by atoms with E-state index in [9.17, 15) is 0 Å². The average Bonchev–Trinajstić information content (AvgIpc) is 2.62. The van der Waals surface area contributed by atoms with Gasteiger partial charge in [-0.1, -0.05) is 83.2 Å². The predicted molar refractivity (Wildman–Crippen MR) is 109 cm³/mol. The molecule has 0 fully saturated rings. The van der Waals surface area contributed by atoms with Crippen LogP contribution in [0.25, 0.3) is 10.8 Å². The Labute approximate surface area is 154 Å². The molecule has 0 atom stereocenters. The van der Waals surface area contributed by atoms with Crippen LogP contribution in [0, 0.1) is 5.92 Å². The van der Waals surface area contributed by atoms with Gasteiger partial charge in [-0.3, -0.25) is 0 Å². The zero-order valence-electron chi connectivity index (χ0n) is 16.3. The summed E-state index contributed by atoms with van der Waals surface area (Å²) in [4.78, 5) is 0. The van der Waals surface area contributed by atoms with Crippen molar-refractivity contribution in [2.45, 2.75) is 65.8 Å². The van der Waals surface area contributed by atoms with Crippen LogP contribution in [0.2, 0.25) is 0 Å². The average molecular weight is 342 g/mol. The number of fused-ring (bicyclic) bond motifs is 1. The van der Waals surface area contributed by atoms with Crippen LogP contribution in [0.4, 0.5) is 0 Å². The van der Waals surface area contributed by atoms with Crippen LogP contribution in [0.5, 0.6) is 5.75 Å². The van der Waals surface area contributed by atoms with Crippen LogP contribution in [-0.2, 0) is 6.54 Å². The molecule has 1 N–H and O–H groups in total. The normalized spacial score (nSPS) is 11.4. The van der Waals surface area contributed by atoms with Crippen molar-refractivity contribution in [1.29, 1.82) is 0 Å². The topological polar surface area (TPSA) is 21.3 Å². The van der Waals surface area contributed by atoms with Crippen molar-refractivity contribution in [3.8, 4) is 5.75 Å². The standard InChI is InChI=1S/C23H35NO/c1-4-5-6-7-8-11-16-24-17-22-21-13-10-9-12-20(21)14-15-23(22)25-18-19(2)3/h9-10,12-15,19,24H,4-8,11,16-18H2,1-3H3. The summed E-state index contributed by atoms with van der Waals surface area (Å²) in [5, 5.41) is 6.23. The highest BCUT2D eigenvalue weighted by atomic mass is 16.5. The van der Waals surface area contributed by atoms with Gasteiger partial charge >= 0.3 is 0 Å². The van der Waals surface area contributed by atoms with Gasteiger partial charge in [0.2, 0.25) is 0 Å². The Balaban J connectivity index is 1.93. The fourth-order valence-corrected chi connectivity index (χ4v) is 3.13. The quantitative estimate of drug-likeness (QED) is 0.456. The third-order valence-corrected chi connectivity index (χ3v) is 4.58. The summed E-state index contributed by atoms with van der Waals surface area (Å²) < 4.78 is 6.09. The second-order valence-corrected chi connectivity index (χ2v) is 7.41. The molecule has 138 valence electrons. The molecule has 0 saturated heterocycles. The van der Waals surface area contributed by atoms with Crippen LogP contribution < -0.4 is 10.1 Å². The van der Waals surface area contributed by atoms with E-state index < -0.39 is 0 Å². The van der Waals surface area contributed by atoms with E-state index in [0.717, 1.165) is 25.4 Å². The van der Waals surface area contributed by atoms with E-state index in [1.165, 1.54) is 54.9 Å². The third-order valence-electron chi connectivity index (χ3n) is 4.58. The molecule has 2 heteroatoms. The van der Waals surface area contributed by atoms with Gasteiger partial charge in [-0.25, -0.2) is 0 Å². The van der Waals surface area contributed by atoms with Gasteiger partial charge in [0.25, 0.3) is 0 Å². The van der Waals surface area contributed by atoms with Crippen LogP contribution in [-0.4, -0.2) is 13.2 Å². The SMILES string of the molecule is CCCCCCCCNCc1c(OCC(C)C)ccc2ccccc12. The molecule has 0 amide bonds. The molecule has 0 heterocycles. The number of rotatable bonds is 12. The van der Waals surface area contributed by atoms with Gasteiger partial charge in [-0.15, -0.1) is 0 Å². The summed E-state index contributed by atoms with van der Waals surface area (Å²) in [7, 11) is 0. The minimum atomic E-state index is 0.537. The second-order valence-electron chi connectivity index (χ2n) is 7.41. The zero-order valence-corrected chi connectivity index (χ0v) is 16.3. The highest BCUT2D eigenvalue weighted by Crippen LogP contribution is 2.28. The van der Waals surface area contributed by atoms with Crippen molar-refractivity contribution >= 4 is 10.8 Å². The molecule has 25 heavy (non-hydrogen) atoms. The molecule has 0 aliphatic heterocycles. The Bertz CT molecular complexity index is 621. The maximum absolute atomic E-state index is 6.09. The molecule has 2 aromatic rings. The highest BCUT2D eigenvalue weighted by Gasteiger charge is 2.09. The Morgan fingerprint density at radius 1 is 0.920 bits per heavy atom. The molecule has 2 nitrogen and oxygen atoms in total. The van der Waals surface area contributed by atoms with Crippen LogP contribution in [0.15, 0.2) is 36.4 Å². The van der Waals surface area contributed by atoms with Gasteiger partial charge in [-0.2, -0.15) is 0 Å². The first-order chi connectivity index (χ1) is 12.2. The number of hydrogen-bond acceptors (Lipinski definition) is 2. The minimum absolute atomic E-state index is 0.537. The van der Waals surface area contributed by atoms with E-state index in [0.29, 0.717) is 5.92 Å². The Morgan fingerprint density at radius 2 is 1.68 bits per heavy atom. The summed E-state index contributed by atoms with van der Waals surface area (Å²) in [5.41, 5.74) is 1.30. The van der Waals surface area contributed by atoms with E-state index in [1.54, 1.807) is 0 Å². The van der Waals surface area contributed by atoms with Gasteiger partial charge in [0.1, 0.15) is 5.75 Å². The van der Waals surface area contributed by atoms with Gasteiger partial charge in [-0.05, 0) is 35.7 Å². The molecule has 0 aliphatic carbocycles. The first-order valence-electron chi connectivity index (χ1n) is 10.1. The monoisotopic (exact) mass is 341 g/mol. The minimum Gasteiger partial charge on any atom is -0.493 e. The zero-order chi connectivity index (χ0) is 17.9. The predicted octanol–water partition coefficient (Wildman–Crippen LogP) is 6.32. The molecular weight excluding hydrogens is 306 g/mol. The maximum Gasteiger partial charge on any atom is 0.124 e. The lowest BCUT2D eigenvalue weighted by Crippen LogP contribution is -2.16. The highest BCUT2D eigenvalue weighted by molar-refractivity contribution is 5.87. The lowest BCUT2D eigenvalue weighted by atomic mass is 10.0. The number of benzene rings is 2. The summed E-state index contributed by atoms with van der Waals surface area (Å²) in [5.74, 6) is 1.57. The Morgan fingerprint density at radius 3 is 2.48 bits per heavy atom. The van der Waals surface area contributed by atoms with Crippen LogP contribution >= 0.6 is 0 Å². The molecule has 0 aliphatic rings. The van der Waals surface area contributed by atoms with Crippen molar-refractivity contribution in [3.63, 3.8) is 0 Å². The van der Waals surface area contributed by atoms with E-state index in [1.807, 2.05) is 0 Å². The number of ether oxygens (including phenoxy) is 1. The third kappa shape index (κ3) is 6.70. The number of hydrogen-bond donors (Lipinski definition) is 1. The fraction of sp³-hybridized carbons (Fsp3) is 0.565.